The van der Waals surface area contributed by atoms with Crippen molar-refractivity contribution in [2.75, 3.05) is 11.9 Å². The number of hydrogen-bond donors (Lipinski definition) is 1. The second kappa shape index (κ2) is 7.46. The van der Waals surface area contributed by atoms with E-state index in [0.717, 1.165) is 18.8 Å². The summed E-state index contributed by atoms with van der Waals surface area (Å²) >= 11 is 0. The number of hydrogen-bond acceptors (Lipinski definition) is 4. The van der Waals surface area contributed by atoms with Gasteiger partial charge in [-0.3, -0.25) is 0 Å². The van der Waals surface area contributed by atoms with Crippen LogP contribution in [0.1, 0.15) is 33.5 Å². The van der Waals surface area contributed by atoms with Crippen LogP contribution in [0.2, 0.25) is 0 Å². The van der Waals surface area contributed by atoms with Gasteiger partial charge in [-0.25, -0.2) is 9.97 Å². The van der Waals surface area contributed by atoms with Gasteiger partial charge >= 0.3 is 0 Å². The molecule has 0 amide bonds. The standard InChI is InChI=1S/C7H12N4.C2H6/c1-3-6-9-5-10-7(11-6)8-4-2;1-2/h5H,3-4H2,1-2H3,(H,8,9,10,11);1-2H3. The predicted molar refractivity (Wildman–Crippen MR) is 54.7 cm³/mol. The zero-order valence-corrected chi connectivity index (χ0v) is 8.83. The summed E-state index contributed by atoms with van der Waals surface area (Å²) in [5.41, 5.74) is 0. The van der Waals surface area contributed by atoms with Gasteiger partial charge in [-0.15, -0.1) is 0 Å². The molecule has 0 fully saturated rings. The van der Waals surface area contributed by atoms with Crippen molar-refractivity contribution in [3.05, 3.63) is 12.2 Å². The van der Waals surface area contributed by atoms with Gasteiger partial charge in [-0.1, -0.05) is 20.8 Å². The zero-order valence-electron chi connectivity index (χ0n) is 8.83. The maximum absolute atomic E-state index is 4.15. The van der Waals surface area contributed by atoms with E-state index in [1.54, 1.807) is 0 Å². The van der Waals surface area contributed by atoms with E-state index in [1.165, 1.54) is 6.33 Å². The minimum absolute atomic E-state index is 0.666. The highest BCUT2D eigenvalue weighted by Gasteiger charge is 1.94. The van der Waals surface area contributed by atoms with E-state index in [1.807, 2.05) is 27.7 Å². The van der Waals surface area contributed by atoms with Gasteiger partial charge in [0.25, 0.3) is 0 Å². The van der Waals surface area contributed by atoms with E-state index < -0.39 is 0 Å². The van der Waals surface area contributed by atoms with Gasteiger partial charge in [0.15, 0.2) is 0 Å². The average Bonchev–Trinajstić information content (AvgIpc) is 2.22. The van der Waals surface area contributed by atoms with Crippen molar-refractivity contribution in [3.8, 4) is 0 Å². The molecule has 4 heteroatoms. The molecule has 0 aliphatic carbocycles. The molecule has 0 aliphatic heterocycles. The van der Waals surface area contributed by atoms with E-state index in [4.69, 9.17) is 0 Å². The molecule has 13 heavy (non-hydrogen) atoms. The van der Waals surface area contributed by atoms with E-state index in [0.29, 0.717) is 5.95 Å². The van der Waals surface area contributed by atoms with E-state index in [-0.39, 0.29) is 0 Å². The van der Waals surface area contributed by atoms with Crippen molar-refractivity contribution in [1.29, 1.82) is 0 Å². The molecule has 74 valence electrons. The first-order valence-corrected chi connectivity index (χ1v) is 4.78. The minimum atomic E-state index is 0.666. The third-order valence-electron chi connectivity index (χ3n) is 1.27. The summed E-state index contributed by atoms with van der Waals surface area (Å²) in [6.45, 7) is 8.87. The lowest BCUT2D eigenvalue weighted by atomic mass is 10.5. The van der Waals surface area contributed by atoms with Gasteiger partial charge in [0, 0.05) is 13.0 Å². The Morgan fingerprint density at radius 3 is 2.46 bits per heavy atom. The molecule has 1 aromatic rings. The average molecular weight is 182 g/mol. The normalized spacial score (nSPS) is 8.62. The quantitative estimate of drug-likeness (QED) is 0.775. The van der Waals surface area contributed by atoms with Crippen molar-refractivity contribution < 1.29 is 0 Å². The van der Waals surface area contributed by atoms with Gasteiger partial charge in [0.05, 0.1) is 0 Å². The first-order valence-electron chi connectivity index (χ1n) is 4.78. The smallest absolute Gasteiger partial charge is 0.225 e. The van der Waals surface area contributed by atoms with Crippen LogP contribution in [0.3, 0.4) is 0 Å². The van der Waals surface area contributed by atoms with Crippen LogP contribution in [0, 0.1) is 0 Å². The fourth-order valence-corrected chi connectivity index (χ4v) is 0.744. The zero-order chi connectivity index (χ0) is 10.1. The second-order valence-corrected chi connectivity index (χ2v) is 2.11. The number of anilines is 1. The van der Waals surface area contributed by atoms with Crippen molar-refractivity contribution in [2.24, 2.45) is 0 Å². The maximum atomic E-state index is 4.15. The Bertz CT molecular complexity index is 225. The number of aromatic nitrogens is 3. The highest BCUT2D eigenvalue weighted by molar-refractivity contribution is 5.21. The monoisotopic (exact) mass is 182 g/mol. The molecule has 0 atom stereocenters. The van der Waals surface area contributed by atoms with Gasteiger partial charge in [-0.05, 0) is 6.92 Å². The highest BCUT2D eigenvalue weighted by atomic mass is 15.1. The molecule has 0 saturated carbocycles. The lowest BCUT2D eigenvalue weighted by Crippen LogP contribution is -2.04. The molecule has 0 unspecified atom stereocenters. The van der Waals surface area contributed by atoms with Crippen LogP contribution in [0.25, 0.3) is 0 Å². The Balaban J connectivity index is 0.000000671. The summed E-state index contributed by atoms with van der Waals surface area (Å²) < 4.78 is 0. The van der Waals surface area contributed by atoms with Gasteiger partial charge < -0.3 is 5.32 Å². The van der Waals surface area contributed by atoms with Crippen LogP contribution in [-0.2, 0) is 6.42 Å². The summed E-state index contributed by atoms with van der Waals surface area (Å²) in [6, 6.07) is 0. The Kier molecular flexibility index (Phi) is 6.78. The van der Waals surface area contributed by atoms with E-state index >= 15 is 0 Å². The summed E-state index contributed by atoms with van der Waals surface area (Å²) in [4.78, 5) is 12.1. The van der Waals surface area contributed by atoms with Crippen LogP contribution in [0.15, 0.2) is 6.33 Å². The molecule has 1 N–H and O–H groups in total. The topological polar surface area (TPSA) is 50.7 Å². The summed E-state index contributed by atoms with van der Waals surface area (Å²) in [5, 5.41) is 3.02. The molecule has 0 radical (unpaired) electrons. The molecule has 1 aromatic heterocycles. The molecule has 0 saturated heterocycles. The number of nitrogens with one attached hydrogen (secondary N) is 1. The summed E-state index contributed by atoms with van der Waals surface area (Å²) in [6.07, 6.45) is 2.38. The minimum Gasteiger partial charge on any atom is -0.354 e. The first kappa shape index (κ1) is 11.8. The molecular formula is C9H18N4. The number of nitrogens with zero attached hydrogens (tertiary/aromatic N) is 3. The highest BCUT2D eigenvalue weighted by Crippen LogP contribution is 1.96. The molecule has 1 rings (SSSR count). The molecule has 0 bridgehead atoms. The fourth-order valence-electron chi connectivity index (χ4n) is 0.744. The van der Waals surface area contributed by atoms with Crippen LogP contribution in [-0.4, -0.2) is 21.5 Å². The van der Waals surface area contributed by atoms with E-state index in [9.17, 15) is 0 Å². The van der Waals surface area contributed by atoms with Crippen molar-refractivity contribution in [1.82, 2.24) is 15.0 Å². The van der Waals surface area contributed by atoms with Crippen LogP contribution >= 0.6 is 0 Å². The SMILES string of the molecule is CC.CCNc1ncnc(CC)n1. The lowest BCUT2D eigenvalue weighted by molar-refractivity contribution is 0.894. The third kappa shape index (κ3) is 4.40. The maximum Gasteiger partial charge on any atom is 0.225 e. The van der Waals surface area contributed by atoms with Crippen molar-refractivity contribution in [2.45, 2.75) is 34.1 Å². The van der Waals surface area contributed by atoms with Crippen molar-refractivity contribution >= 4 is 5.95 Å². The molecular weight excluding hydrogens is 164 g/mol. The summed E-state index contributed by atoms with van der Waals surface area (Å²) in [7, 11) is 0. The Morgan fingerprint density at radius 2 is 1.92 bits per heavy atom. The largest absolute Gasteiger partial charge is 0.354 e. The number of rotatable bonds is 3. The first-order chi connectivity index (χ1) is 6.36. The van der Waals surface area contributed by atoms with Crippen LogP contribution in [0.4, 0.5) is 5.95 Å². The Morgan fingerprint density at radius 1 is 1.23 bits per heavy atom. The Labute approximate surface area is 79.8 Å². The lowest BCUT2D eigenvalue weighted by Gasteiger charge is -2.00. The molecule has 0 spiro atoms. The molecule has 1 heterocycles. The number of aryl methyl sites for hydroxylation is 1. The predicted octanol–water partition coefficient (Wildman–Crippen LogP) is 1.89. The molecule has 0 aromatic carbocycles. The molecule has 0 aliphatic rings. The second-order valence-electron chi connectivity index (χ2n) is 2.11. The van der Waals surface area contributed by atoms with Crippen LogP contribution < -0.4 is 5.32 Å². The van der Waals surface area contributed by atoms with Gasteiger partial charge in [0.2, 0.25) is 5.95 Å². The van der Waals surface area contributed by atoms with E-state index in [2.05, 4.69) is 20.3 Å². The summed E-state index contributed by atoms with van der Waals surface area (Å²) in [5.74, 6) is 1.50. The fraction of sp³-hybridized carbons (Fsp3) is 0.667. The third-order valence-corrected chi connectivity index (χ3v) is 1.27. The van der Waals surface area contributed by atoms with Crippen molar-refractivity contribution in [3.63, 3.8) is 0 Å². The van der Waals surface area contributed by atoms with Gasteiger partial charge in [-0.2, -0.15) is 4.98 Å². The van der Waals surface area contributed by atoms with Gasteiger partial charge in [0.1, 0.15) is 12.2 Å². The Hall–Kier alpha value is -1.19. The molecule has 4 nitrogen and oxygen atoms in total. The van der Waals surface area contributed by atoms with Crippen LogP contribution in [0.5, 0.6) is 0 Å².